The highest BCUT2D eigenvalue weighted by Gasteiger charge is 2.35. The second kappa shape index (κ2) is 7.31. The molecule has 1 aromatic rings. The molecule has 1 heterocycles. The third kappa shape index (κ3) is 4.12. The summed E-state index contributed by atoms with van der Waals surface area (Å²) in [7, 11) is 3.88. The third-order valence-electron chi connectivity index (χ3n) is 3.57. The molecule has 1 unspecified atom stereocenters. The van der Waals surface area contributed by atoms with Crippen LogP contribution in [0.2, 0.25) is 10.0 Å². The van der Waals surface area contributed by atoms with Crippen LogP contribution in [0.3, 0.4) is 0 Å². The highest BCUT2D eigenvalue weighted by atomic mass is 35.5. The topological polar surface area (TPSA) is 52.7 Å². The van der Waals surface area contributed by atoms with E-state index in [0.29, 0.717) is 28.8 Å². The van der Waals surface area contributed by atoms with E-state index < -0.39 is 0 Å². The molecule has 0 bridgehead atoms. The SMILES string of the molecule is CN(C)CCNC(=O)C1CC(=O)N(c2ccc(Cl)c(Cl)c2)C1. The molecule has 1 aliphatic rings. The van der Waals surface area contributed by atoms with E-state index in [1.165, 1.54) is 0 Å². The Balaban J connectivity index is 1.98. The van der Waals surface area contributed by atoms with Crippen LogP contribution in [0.1, 0.15) is 6.42 Å². The highest BCUT2D eigenvalue weighted by Crippen LogP contribution is 2.30. The van der Waals surface area contributed by atoms with Gasteiger partial charge in [0.2, 0.25) is 11.8 Å². The fourth-order valence-corrected chi connectivity index (χ4v) is 2.63. The summed E-state index contributed by atoms with van der Waals surface area (Å²) >= 11 is 11.9. The van der Waals surface area contributed by atoms with E-state index in [1.54, 1.807) is 23.1 Å². The first-order valence-corrected chi connectivity index (χ1v) is 7.82. The first kappa shape index (κ1) is 17.1. The summed E-state index contributed by atoms with van der Waals surface area (Å²) in [6.07, 6.45) is 0.216. The molecule has 7 heteroatoms. The van der Waals surface area contributed by atoms with Crippen LogP contribution in [0.5, 0.6) is 0 Å². The average Bonchev–Trinajstić information content (AvgIpc) is 2.83. The molecular formula is C15H19Cl2N3O2. The molecule has 1 aliphatic heterocycles. The molecular weight excluding hydrogens is 325 g/mol. The summed E-state index contributed by atoms with van der Waals surface area (Å²) < 4.78 is 0. The lowest BCUT2D eigenvalue weighted by Crippen LogP contribution is -2.36. The van der Waals surface area contributed by atoms with Gasteiger partial charge in [0.05, 0.1) is 16.0 Å². The minimum absolute atomic E-state index is 0.0776. The summed E-state index contributed by atoms with van der Waals surface area (Å²) in [6.45, 7) is 1.71. The smallest absolute Gasteiger partial charge is 0.227 e. The molecule has 1 N–H and O–H groups in total. The molecule has 0 saturated carbocycles. The van der Waals surface area contributed by atoms with Crippen molar-refractivity contribution >= 4 is 40.7 Å². The van der Waals surface area contributed by atoms with Gasteiger partial charge in [-0.3, -0.25) is 9.59 Å². The molecule has 0 radical (unpaired) electrons. The van der Waals surface area contributed by atoms with Crippen LogP contribution >= 0.6 is 23.2 Å². The summed E-state index contributed by atoms with van der Waals surface area (Å²) in [6, 6.07) is 5.03. The quantitative estimate of drug-likeness (QED) is 0.889. The summed E-state index contributed by atoms with van der Waals surface area (Å²) in [5.41, 5.74) is 0.669. The molecule has 0 aromatic heterocycles. The number of rotatable bonds is 5. The van der Waals surface area contributed by atoms with Crippen LogP contribution in [-0.4, -0.2) is 50.4 Å². The van der Waals surface area contributed by atoms with Gasteiger partial charge in [0.1, 0.15) is 0 Å². The fraction of sp³-hybridized carbons (Fsp3) is 0.467. The van der Waals surface area contributed by atoms with Crippen molar-refractivity contribution in [1.29, 1.82) is 0 Å². The standard InChI is InChI=1S/C15H19Cl2N3O2/c1-19(2)6-5-18-15(22)10-7-14(21)20(9-10)11-3-4-12(16)13(17)8-11/h3-4,8,10H,5-7,9H2,1-2H3,(H,18,22). The van der Waals surface area contributed by atoms with Gasteiger partial charge in [-0.05, 0) is 32.3 Å². The molecule has 1 saturated heterocycles. The Morgan fingerprint density at radius 2 is 2.09 bits per heavy atom. The Bertz CT molecular complexity index is 578. The average molecular weight is 344 g/mol. The van der Waals surface area contributed by atoms with E-state index in [1.807, 2.05) is 19.0 Å². The predicted molar refractivity (Wildman–Crippen MR) is 88.5 cm³/mol. The lowest BCUT2D eigenvalue weighted by atomic mass is 10.1. The van der Waals surface area contributed by atoms with Crippen molar-refractivity contribution in [2.24, 2.45) is 5.92 Å². The maximum Gasteiger partial charge on any atom is 0.227 e. The van der Waals surface area contributed by atoms with Crippen molar-refractivity contribution in [2.45, 2.75) is 6.42 Å². The number of benzene rings is 1. The molecule has 2 amide bonds. The predicted octanol–water partition coefficient (Wildman–Crippen LogP) is 2.02. The normalized spacial score (nSPS) is 18.1. The minimum Gasteiger partial charge on any atom is -0.355 e. The van der Waals surface area contributed by atoms with Crippen molar-refractivity contribution in [1.82, 2.24) is 10.2 Å². The Kier molecular flexibility index (Phi) is 5.67. The number of hydrogen-bond acceptors (Lipinski definition) is 3. The van der Waals surface area contributed by atoms with Crippen molar-refractivity contribution < 1.29 is 9.59 Å². The zero-order valence-corrected chi connectivity index (χ0v) is 14.1. The second-order valence-electron chi connectivity index (χ2n) is 5.60. The Morgan fingerprint density at radius 3 is 2.73 bits per heavy atom. The molecule has 120 valence electrons. The van der Waals surface area contributed by atoms with Gasteiger partial charge >= 0.3 is 0 Å². The van der Waals surface area contributed by atoms with Crippen LogP contribution in [0.25, 0.3) is 0 Å². The highest BCUT2D eigenvalue weighted by molar-refractivity contribution is 6.42. The van der Waals surface area contributed by atoms with Gasteiger partial charge in [-0.2, -0.15) is 0 Å². The van der Waals surface area contributed by atoms with Crippen LogP contribution in [0, 0.1) is 5.92 Å². The van der Waals surface area contributed by atoms with E-state index in [-0.39, 0.29) is 24.2 Å². The first-order chi connectivity index (χ1) is 10.4. The molecule has 0 aliphatic carbocycles. The zero-order valence-electron chi connectivity index (χ0n) is 12.6. The van der Waals surface area contributed by atoms with Crippen LogP contribution in [-0.2, 0) is 9.59 Å². The number of carbonyl (C=O) groups is 2. The summed E-state index contributed by atoms with van der Waals surface area (Å²) in [5.74, 6) is -0.493. The number of likely N-dealkylation sites (N-methyl/N-ethyl adjacent to an activating group) is 1. The molecule has 1 fully saturated rings. The van der Waals surface area contributed by atoms with Gasteiger partial charge in [-0.1, -0.05) is 23.2 Å². The largest absolute Gasteiger partial charge is 0.355 e. The van der Waals surface area contributed by atoms with Gasteiger partial charge in [-0.15, -0.1) is 0 Å². The number of halogens is 2. The first-order valence-electron chi connectivity index (χ1n) is 7.06. The van der Waals surface area contributed by atoms with E-state index in [9.17, 15) is 9.59 Å². The zero-order chi connectivity index (χ0) is 16.3. The van der Waals surface area contributed by atoms with Crippen molar-refractivity contribution in [3.05, 3.63) is 28.2 Å². The van der Waals surface area contributed by atoms with Crippen LogP contribution < -0.4 is 10.2 Å². The molecule has 22 heavy (non-hydrogen) atoms. The monoisotopic (exact) mass is 343 g/mol. The van der Waals surface area contributed by atoms with E-state index in [2.05, 4.69) is 5.32 Å². The number of nitrogens with one attached hydrogen (secondary N) is 1. The second-order valence-corrected chi connectivity index (χ2v) is 6.41. The Hall–Kier alpha value is -1.30. The van der Waals surface area contributed by atoms with Crippen molar-refractivity contribution in [3.8, 4) is 0 Å². The number of anilines is 1. The van der Waals surface area contributed by atoms with Gasteiger partial charge in [0.25, 0.3) is 0 Å². The lowest BCUT2D eigenvalue weighted by Gasteiger charge is -2.17. The van der Waals surface area contributed by atoms with Crippen molar-refractivity contribution in [2.75, 3.05) is 38.6 Å². The molecule has 5 nitrogen and oxygen atoms in total. The molecule has 1 aromatic carbocycles. The van der Waals surface area contributed by atoms with E-state index in [4.69, 9.17) is 23.2 Å². The molecule has 2 rings (SSSR count). The summed E-state index contributed by atoms with van der Waals surface area (Å²) in [4.78, 5) is 27.8. The lowest BCUT2D eigenvalue weighted by molar-refractivity contribution is -0.126. The van der Waals surface area contributed by atoms with Gasteiger partial charge in [0, 0.05) is 31.7 Å². The summed E-state index contributed by atoms with van der Waals surface area (Å²) in [5, 5.41) is 3.70. The Morgan fingerprint density at radius 1 is 1.36 bits per heavy atom. The van der Waals surface area contributed by atoms with Gasteiger partial charge in [-0.25, -0.2) is 0 Å². The van der Waals surface area contributed by atoms with E-state index in [0.717, 1.165) is 6.54 Å². The Labute approximate surface area is 140 Å². The van der Waals surface area contributed by atoms with Gasteiger partial charge in [0.15, 0.2) is 0 Å². The molecule has 0 spiro atoms. The third-order valence-corrected chi connectivity index (χ3v) is 4.31. The van der Waals surface area contributed by atoms with Crippen molar-refractivity contribution in [3.63, 3.8) is 0 Å². The van der Waals surface area contributed by atoms with Crippen LogP contribution in [0.15, 0.2) is 18.2 Å². The van der Waals surface area contributed by atoms with E-state index >= 15 is 0 Å². The molecule has 1 atom stereocenters. The maximum atomic E-state index is 12.1. The fourth-order valence-electron chi connectivity index (χ4n) is 2.33. The maximum absolute atomic E-state index is 12.1. The number of hydrogen-bond donors (Lipinski definition) is 1. The number of carbonyl (C=O) groups excluding carboxylic acids is 2. The number of amides is 2. The minimum atomic E-state index is -0.330. The van der Waals surface area contributed by atoms with Crippen LogP contribution in [0.4, 0.5) is 5.69 Å². The van der Waals surface area contributed by atoms with Gasteiger partial charge < -0.3 is 15.1 Å². The number of nitrogens with zero attached hydrogens (tertiary/aromatic N) is 2.